The van der Waals surface area contributed by atoms with Gasteiger partial charge in [0.2, 0.25) is 0 Å². The van der Waals surface area contributed by atoms with Crippen LogP contribution < -0.4 is 18.9 Å². The van der Waals surface area contributed by atoms with Gasteiger partial charge in [-0.05, 0) is 6.42 Å². The molecule has 0 saturated heterocycles. The zero-order valence-electron chi connectivity index (χ0n) is 8.05. The van der Waals surface area contributed by atoms with Crippen LogP contribution in [0.1, 0.15) is 34.5 Å². The second-order valence-corrected chi connectivity index (χ2v) is 2.38. The average Bonchev–Trinajstić information content (AvgIpc) is 1.82. The fourth-order valence-electron chi connectivity index (χ4n) is 0.634. The summed E-state index contributed by atoms with van der Waals surface area (Å²) in [7, 11) is 0. The summed E-state index contributed by atoms with van der Waals surface area (Å²) < 4.78 is 0. The molecule has 1 unspecified atom stereocenters. The minimum Gasteiger partial charge on any atom is -1.00 e. The van der Waals surface area contributed by atoms with E-state index in [0.29, 0.717) is 0 Å². The molecule has 0 aliphatic rings. The summed E-state index contributed by atoms with van der Waals surface area (Å²) in [5.41, 5.74) is 0. The van der Waals surface area contributed by atoms with E-state index in [1.54, 1.807) is 6.92 Å². The van der Waals surface area contributed by atoms with Crippen molar-refractivity contribution in [3.05, 3.63) is 0 Å². The first-order chi connectivity index (χ1) is 4.18. The Bertz CT molecular complexity index is 98.4. The zero-order chi connectivity index (χ0) is 7.28. The summed E-state index contributed by atoms with van der Waals surface area (Å²) in [6, 6.07) is 0. The molecule has 0 saturated carbocycles. The SMILES string of the molecule is CCCCC(C)C(=O)O.[H-].[Li+]. The van der Waals surface area contributed by atoms with Crippen LogP contribution in [0.4, 0.5) is 0 Å². The van der Waals surface area contributed by atoms with Crippen LogP contribution in [-0.2, 0) is 4.79 Å². The Labute approximate surface area is 75.7 Å². The third kappa shape index (κ3) is 6.19. The number of rotatable bonds is 4. The van der Waals surface area contributed by atoms with Gasteiger partial charge in [0.25, 0.3) is 0 Å². The summed E-state index contributed by atoms with van der Waals surface area (Å²) in [5, 5.41) is 8.41. The van der Waals surface area contributed by atoms with Crippen molar-refractivity contribution in [3.8, 4) is 0 Å². The third-order valence-electron chi connectivity index (χ3n) is 1.41. The minimum absolute atomic E-state index is 0. The fourth-order valence-corrected chi connectivity index (χ4v) is 0.634. The largest absolute Gasteiger partial charge is 1.00 e. The number of aliphatic carboxylic acids is 1. The number of carbonyl (C=O) groups is 1. The first-order valence-corrected chi connectivity index (χ1v) is 3.41. The van der Waals surface area contributed by atoms with E-state index in [0.717, 1.165) is 19.3 Å². The van der Waals surface area contributed by atoms with E-state index >= 15 is 0 Å². The summed E-state index contributed by atoms with van der Waals surface area (Å²) in [4.78, 5) is 10.2. The van der Waals surface area contributed by atoms with Gasteiger partial charge in [-0.3, -0.25) is 4.79 Å². The molecule has 0 heterocycles. The van der Waals surface area contributed by atoms with Crippen molar-refractivity contribution in [1.82, 2.24) is 0 Å². The van der Waals surface area contributed by atoms with Crippen LogP contribution in [0.5, 0.6) is 0 Å². The number of hydrogen-bond donors (Lipinski definition) is 1. The Morgan fingerprint density at radius 3 is 2.50 bits per heavy atom. The number of carboxylic acid groups (broad SMARTS) is 1. The van der Waals surface area contributed by atoms with E-state index in [1.807, 2.05) is 0 Å². The van der Waals surface area contributed by atoms with E-state index in [-0.39, 0.29) is 26.2 Å². The van der Waals surface area contributed by atoms with E-state index < -0.39 is 5.97 Å². The van der Waals surface area contributed by atoms with Gasteiger partial charge in [0, 0.05) is 0 Å². The van der Waals surface area contributed by atoms with Crippen LogP contribution in [0, 0.1) is 5.92 Å². The predicted molar refractivity (Wildman–Crippen MR) is 37.4 cm³/mol. The summed E-state index contributed by atoms with van der Waals surface area (Å²) >= 11 is 0. The maximum Gasteiger partial charge on any atom is 1.00 e. The molecule has 1 atom stereocenters. The summed E-state index contributed by atoms with van der Waals surface area (Å²) in [6.07, 6.45) is 2.91. The Balaban J connectivity index is -0.000000320. The van der Waals surface area contributed by atoms with Crippen LogP contribution in [0.15, 0.2) is 0 Å². The monoisotopic (exact) mass is 138 g/mol. The van der Waals surface area contributed by atoms with E-state index in [1.165, 1.54) is 0 Å². The van der Waals surface area contributed by atoms with Crippen molar-refractivity contribution in [2.24, 2.45) is 5.92 Å². The molecule has 0 aliphatic heterocycles. The molecule has 3 heteroatoms. The Hall–Kier alpha value is 0.0674. The average molecular weight is 138 g/mol. The molecular weight excluding hydrogens is 123 g/mol. The van der Waals surface area contributed by atoms with E-state index in [4.69, 9.17) is 5.11 Å². The van der Waals surface area contributed by atoms with Gasteiger partial charge in [0.1, 0.15) is 0 Å². The molecular formula is C7H15LiO2. The molecule has 0 fully saturated rings. The molecule has 0 spiro atoms. The molecule has 0 aromatic heterocycles. The van der Waals surface area contributed by atoms with Gasteiger partial charge < -0.3 is 6.53 Å². The smallest absolute Gasteiger partial charge is 1.00 e. The zero-order valence-corrected chi connectivity index (χ0v) is 7.05. The van der Waals surface area contributed by atoms with Crippen LogP contribution in [0.25, 0.3) is 0 Å². The van der Waals surface area contributed by atoms with Gasteiger partial charge in [0.05, 0.1) is 5.92 Å². The Kier molecular flexibility index (Phi) is 9.13. The Morgan fingerprint density at radius 1 is 1.70 bits per heavy atom. The topological polar surface area (TPSA) is 37.3 Å². The van der Waals surface area contributed by atoms with Gasteiger partial charge >= 0.3 is 24.8 Å². The second kappa shape index (κ2) is 7.18. The van der Waals surface area contributed by atoms with Crippen molar-refractivity contribution in [2.75, 3.05) is 0 Å². The van der Waals surface area contributed by atoms with Crippen LogP contribution in [0.3, 0.4) is 0 Å². The van der Waals surface area contributed by atoms with Gasteiger partial charge in [0.15, 0.2) is 0 Å². The predicted octanol–water partition coefficient (Wildman–Crippen LogP) is -0.986. The van der Waals surface area contributed by atoms with Crippen molar-refractivity contribution in [2.45, 2.75) is 33.1 Å². The van der Waals surface area contributed by atoms with Gasteiger partial charge in [-0.25, -0.2) is 0 Å². The maximum atomic E-state index is 10.2. The van der Waals surface area contributed by atoms with Crippen LogP contribution >= 0.6 is 0 Å². The second-order valence-electron chi connectivity index (χ2n) is 2.38. The molecule has 0 aliphatic carbocycles. The van der Waals surface area contributed by atoms with Crippen molar-refractivity contribution < 1.29 is 30.2 Å². The normalized spacial score (nSPS) is 11.8. The van der Waals surface area contributed by atoms with Gasteiger partial charge in [-0.2, -0.15) is 0 Å². The molecule has 0 radical (unpaired) electrons. The molecule has 2 nitrogen and oxygen atoms in total. The number of unbranched alkanes of at least 4 members (excludes halogenated alkanes) is 1. The van der Waals surface area contributed by atoms with Crippen molar-refractivity contribution in [1.29, 1.82) is 0 Å². The van der Waals surface area contributed by atoms with Crippen LogP contribution in [-0.4, -0.2) is 11.1 Å². The number of carboxylic acids is 1. The first kappa shape index (κ1) is 12.7. The summed E-state index contributed by atoms with van der Waals surface area (Å²) in [5.74, 6) is -0.839. The molecule has 0 bridgehead atoms. The molecule has 0 aromatic rings. The van der Waals surface area contributed by atoms with Crippen molar-refractivity contribution >= 4 is 5.97 Å². The fraction of sp³-hybridized carbons (Fsp3) is 0.857. The first-order valence-electron chi connectivity index (χ1n) is 3.41. The molecule has 0 aromatic carbocycles. The maximum absolute atomic E-state index is 10.2. The van der Waals surface area contributed by atoms with Gasteiger partial charge in [-0.15, -0.1) is 0 Å². The minimum atomic E-state index is -0.677. The van der Waals surface area contributed by atoms with Gasteiger partial charge in [-0.1, -0.05) is 26.7 Å². The number of hydrogen-bond acceptors (Lipinski definition) is 1. The molecule has 0 rings (SSSR count). The quantitative estimate of drug-likeness (QED) is 0.507. The molecule has 56 valence electrons. The van der Waals surface area contributed by atoms with Crippen LogP contribution in [0.2, 0.25) is 0 Å². The van der Waals surface area contributed by atoms with Crippen molar-refractivity contribution in [3.63, 3.8) is 0 Å². The summed E-state index contributed by atoms with van der Waals surface area (Å²) in [6.45, 7) is 3.81. The molecule has 1 N–H and O–H groups in total. The standard InChI is InChI=1S/C7H14O2.Li.H/c1-3-4-5-6(2)7(8)9;;/h6H,3-5H2,1-2H3,(H,8,9);;/q;+1;-1. The van der Waals surface area contributed by atoms with E-state index in [9.17, 15) is 4.79 Å². The molecule has 10 heavy (non-hydrogen) atoms. The Morgan fingerprint density at radius 2 is 2.20 bits per heavy atom. The third-order valence-corrected chi connectivity index (χ3v) is 1.41. The molecule has 0 amide bonds. The van der Waals surface area contributed by atoms with E-state index in [2.05, 4.69) is 6.92 Å².